The number of nitrogens with zero attached hydrogens (tertiary/aromatic N) is 1. The molecule has 0 aromatic heterocycles. The summed E-state index contributed by atoms with van der Waals surface area (Å²) in [5, 5.41) is 26.2. The van der Waals surface area contributed by atoms with Crippen LogP contribution in [0.1, 0.15) is 47.2 Å². The van der Waals surface area contributed by atoms with Gasteiger partial charge in [0.2, 0.25) is 10.0 Å². The van der Waals surface area contributed by atoms with E-state index in [1.807, 2.05) is 12.1 Å². The van der Waals surface area contributed by atoms with Crippen molar-refractivity contribution in [2.45, 2.75) is 43.6 Å². The van der Waals surface area contributed by atoms with E-state index in [4.69, 9.17) is 26.2 Å². The number of aryl methyl sites for hydroxylation is 1. The molecule has 0 radical (unpaired) electrons. The topological polar surface area (TPSA) is 139 Å². The van der Waals surface area contributed by atoms with Gasteiger partial charge in [-0.25, -0.2) is 18.4 Å². The molecule has 0 amide bonds. The van der Waals surface area contributed by atoms with E-state index < -0.39 is 22.1 Å². The molecule has 0 saturated heterocycles. The molecule has 2 aromatic carbocycles. The predicted octanol–water partition coefficient (Wildman–Crippen LogP) is 3.20. The highest BCUT2D eigenvalue weighted by atomic mass is 35.5. The molecule has 0 bridgehead atoms. The maximum absolute atomic E-state index is 11.8. The first-order valence-corrected chi connectivity index (χ1v) is 15.4. The van der Waals surface area contributed by atoms with Crippen LogP contribution in [-0.4, -0.2) is 69.4 Å². The Morgan fingerprint density at radius 2 is 2.08 bits per heavy atom. The fourth-order valence-corrected chi connectivity index (χ4v) is 6.91. The maximum Gasteiger partial charge on any atom is 0.335 e. The van der Waals surface area contributed by atoms with Gasteiger partial charge in [0.25, 0.3) is 0 Å². The van der Waals surface area contributed by atoms with Gasteiger partial charge in [0, 0.05) is 23.5 Å². The molecule has 3 aliphatic rings. The number of sulfonamides is 1. The fourth-order valence-electron chi connectivity index (χ4n) is 6.36. The molecule has 4 atom stereocenters. The Morgan fingerprint density at radius 3 is 2.79 bits per heavy atom. The largest absolute Gasteiger partial charge is 0.490 e. The number of carboxylic acid groups (broad SMARTS) is 1. The molecular weight excluding hydrogens is 544 g/mol. The van der Waals surface area contributed by atoms with Crippen LogP contribution in [0.5, 0.6) is 5.75 Å². The number of fused-ring (bicyclic) bond motifs is 3. The first kappa shape index (κ1) is 28.2. The third kappa shape index (κ3) is 6.20. The molecular formula is C28H35ClN2O7S. The third-order valence-electron chi connectivity index (χ3n) is 8.51. The summed E-state index contributed by atoms with van der Waals surface area (Å²) < 4.78 is 34.1. The van der Waals surface area contributed by atoms with Gasteiger partial charge in [0.1, 0.15) is 5.75 Å². The second-order valence-electron chi connectivity index (χ2n) is 11.1. The van der Waals surface area contributed by atoms with Crippen molar-refractivity contribution in [2.24, 2.45) is 17.0 Å². The van der Waals surface area contributed by atoms with Crippen LogP contribution >= 0.6 is 11.6 Å². The van der Waals surface area contributed by atoms with Crippen molar-refractivity contribution in [1.29, 1.82) is 0 Å². The number of benzene rings is 2. The number of hydrogen-bond donors (Lipinski definition) is 3. The highest BCUT2D eigenvalue weighted by Gasteiger charge is 2.44. The Balaban J connectivity index is 1.39. The Kier molecular flexibility index (Phi) is 8.13. The lowest BCUT2D eigenvalue weighted by Crippen LogP contribution is -2.50. The quantitative estimate of drug-likeness (QED) is 0.385. The smallest absolute Gasteiger partial charge is 0.335 e. The summed E-state index contributed by atoms with van der Waals surface area (Å²) in [6.07, 6.45) is 3.92. The Bertz CT molecular complexity index is 1340. The van der Waals surface area contributed by atoms with E-state index in [1.54, 1.807) is 18.2 Å². The van der Waals surface area contributed by atoms with Gasteiger partial charge in [-0.3, -0.25) is 0 Å². The number of halogens is 1. The number of carboxylic acids is 1. The van der Waals surface area contributed by atoms with Gasteiger partial charge >= 0.3 is 5.97 Å². The molecule has 1 aliphatic heterocycles. The Morgan fingerprint density at radius 1 is 1.26 bits per heavy atom. The fraction of sp³-hybridized carbons (Fsp3) is 0.536. The minimum Gasteiger partial charge on any atom is -0.490 e. The number of primary sulfonamides is 1. The molecule has 2 aliphatic carbocycles. The highest BCUT2D eigenvalue weighted by Crippen LogP contribution is 2.46. The predicted molar refractivity (Wildman–Crippen MR) is 148 cm³/mol. The van der Waals surface area contributed by atoms with Crippen molar-refractivity contribution < 1.29 is 32.9 Å². The van der Waals surface area contributed by atoms with Crippen molar-refractivity contribution in [3.63, 3.8) is 0 Å². The van der Waals surface area contributed by atoms with Crippen LogP contribution in [0.2, 0.25) is 5.02 Å². The number of hydrogen-bond acceptors (Lipinski definition) is 7. The van der Waals surface area contributed by atoms with Crippen molar-refractivity contribution in [1.82, 2.24) is 0 Å². The monoisotopic (exact) mass is 578 g/mol. The van der Waals surface area contributed by atoms with Crippen LogP contribution < -0.4 is 14.8 Å². The van der Waals surface area contributed by atoms with E-state index in [1.165, 1.54) is 11.1 Å². The molecule has 2 aromatic rings. The summed E-state index contributed by atoms with van der Waals surface area (Å²) in [5.41, 5.74) is 3.11. The van der Waals surface area contributed by atoms with Gasteiger partial charge < -0.3 is 24.6 Å². The van der Waals surface area contributed by atoms with E-state index in [0.29, 0.717) is 30.5 Å². The van der Waals surface area contributed by atoms with E-state index in [-0.39, 0.29) is 41.8 Å². The molecule has 1 fully saturated rings. The molecule has 1 heterocycles. The summed E-state index contributed by atoms with van der Waals surface area (Å²) in [5.74, 6) is -0.489. The van der Waals surface area contributed by atoms with Gasteiger partial charge in [0.05, 0.1) is 42.9 Å². The van der Waals surface area contributed by atoms with Crippen molar-refractivity contribution in [3.05, 3.63) is 58.1 Å². The maximum atomic E-state index is 11.8. The summed E-state index contributed by atoms with van der Waals surface area (Å²) in [4.78, 5) is 14.1. The molecule has 1 spiro atoms. The standard InChI is InChI=1S/C28H35ClN2O7S/c29-21-5-7-23-18(12-21)2-1-9-28(23)16-31(24-13-19(27(33)34)4-8-26(24)38-17-28)14-20-3-6-22(20)25(32)15-37-10-11-39(30,35)36/h4-5,7-8,12-13,20,22,25,32H,1-3,6,9-11,14-17H2,(H,33,34)(H2,30,35,36)/t20-,22+,25?,28-/m0/s1. The lowest BCUT2D eigenvalue weighted by molar-refractivity contribution is -0.0392. The highest BCUT2D eigenvalue weighted by molar-refractivity contribution is 7.89. The van der Waals surface area contributed by atoms with E-state index >= 15 is 0 Å². The number of rotatable bonds is 9. The SMILES string of the molecule is NS(=O)(=O)CCOCC(O)[C@@H]1CC[C@H]1CN1C[C@@]2(CCCc3cc(Cl)ccc32)COc2ccc(C(=O)O)cc21. The minimum atomic E-state index is -3.62. The van der Waals surface area contributed by atoms with E-state index in [0.717, 1.165) is 37.8 Å². The van der Waals surface area contributed by atoms with Crippen LogP contribution in [0.25, 0.3) is 0 Å². The number of aliphatic hydroxyl groups is 1. The number of carbonyl (C=O) groups is 1. The minimum absolute atomic E-state index is 0.0110. The molecule has 1 unspecified atom stereocenters. The lowest BCUT2D eigenvalue weighted by Gasteiger charge is -2.45. The normalized spacial score (nSPS) is 25.2. The van der Waals surface area contributed by atoms with Gasteiger partial charge in [-0.1, -0.05) is 17.7 Å². The van der Waals surface area contributed by atoms with Crippen LogP contribution in [-0.2, 0) is 26.6 Å². The van der Waals surface area contributed by atoms with Crippen LogP contribution in [0.3, 0.4) is 0 Å². The second kappa shape index (κ2) is 11.2. The molecule has 212 valence electrons. The van der Waals surface area contributed by atoms with E-state index in [2.05, 4.69) is 11.0 Å². The second-order valence-corrected chi connectivity index (χ2v) is 13.3. The number of aliphatic hydroxyl groups excluding tert-OH is 1. The zero-order chi connectivity index (χ0) is 27.8. The Hall–Kier alpha value is -2.37. The molecule has 5 rings (SSSR count). The molecule has 1 saturated carbocycles. The van der Waals surface area contributed by atoms with Gasteiger partial charge in [0.15, 0.2) is 0 Å². The van der Waals surface area contributed by atoms with Crippen LogP contribution in [0, 0.1) is 11.8 Å². The third-order valence-corrected chi connectivity index (χ3v) is 9.48. The summed E-state index contributed by atoms with van der Waals surface area (Å²) in [6.45, 7) is 1.74. The lowest BCUT2D eigenvalue weighted by atomic mass is 9.68. The average Bonchev–Trinajstić information content (AvgIpc) is 3.01. The molecule has 39 heavy (non-hydrogen) atoms. The van der Waals surface area contributed by atoms with Crippen LogP contribution in [0.15, 0.2) is 36.4 Å². The number of aromatic carboxylic acids is 1. The first-order chi connectivity index (χ1) is 18.5. The van der Waals surface area contributed by atoms with Crippen molar-refractivity contribution >= 4 is 33.3 Å². The van der Waals surface area contributed by atoms with E-state index in [9.17, 15) is 23.4 Å². The summed E-state index contributed by atoms with van der Waals surface area (Å²) in [6, 6.07) is 11.1. The molecule has 4 N–H and O–H groups in total. The first-order valence-electron chi connectivity index (χ1n) is 13.3. The number of ether oxygens (including phenoxy) is 2. The average molecular weight is 579 g/mol. The number of nitrogens with two attached hydrogens (primary N) is 1. The molecule has 9 nitrogen and oxygen atoms in total. The Labute approximate surface area is 233 Å². The number of anilines is 1. The zero-order valence-corrected chi connectivity index (χ0v) is 23.3. The van der Waals surface area contributed by atoms with Crippen LogP contribution in [0.4, 0.5) is 5.69 Å². The zero-order valence-electron chi connectivity index (χ0n) is 21.7. The summed E-state index contributed by atoms with van der Waals surface area (Å²) in [7, 11) is -3.62. The van der Waals surface area contributed by atoms with Crippen molar-refractivity contribution in [2.75, 3.05) is 43.6 Å². The summed E-state index contributed by atoms with van der Waals surface area (Å²) >= 11 is 6.33. The van der Waals surface area contributed by atoms with Gasteiger partial charge in [-0.05, 0) is 85.4 Å². The van der Waals surface area contributed by atoms with Gasteiger partial charge in [-0.15, -0.1) is 0 Å². The molecule has 11 heteroatoms. The van der Waals surface area contributed by atoms with Gasteiger partial charge in [-0.2, -0.15) is 0 Å². The van der Waals surface area contributed by atoms with Crippen molar-refractivity contribution in [3.8, 4) is 5.75 Å².